The molecule has 160 valence electrons. The van der Waals surface area contributed by atoms with Crippen molar-refractivity contribution in [2.24, 2.45) is 46.3 Å². The van der Waals surface area contributed by atoms with Crippen LogP contribution in [0.25, 0.3) is 0 Å². The first kappa shape index (κ1) is 20.7. The second-order valence-electron chi connectivity index (χ2n) is 11.3. The van der Waals surface area contributed by atoms with E-state index in [1.54, 1.807) is 0 Å². The third-order valence-electron chi connectivity index (χ3n) is 10.5. The number of hydrogen-bond acceptors (Lipinski definition) is 3. The minimum atomic E-state index is -0.177. The highest BCUT2D eigenvalue weighted by molar-refractivity contribution is 5.69. The minimum absolute atomic E-state index is 0.0363. The molecule has 4 fully saturated rings. The van der Waals surface area contributed by atoms with Gasteiger partial charge >= 0.3 is 5.97 Å². The first-order valence-electron chi connectivity index (χ1n) is 12.1. The van der Waals surface area contributed by atoms with Gasteiger partial charge in [-0.25, -0.2) is 0 Å². The Morgan fingerprint density at radius 1 is 1.11 bits per heavy atom. The van der Waals surface area contributed by atoms with E-state index < -0.39 is 0 Å². The molecule has 4 aliphatic rings. The molecule has 0 heterocycles. The lowest BCUT2D eigenvalue weighted by Crippen LogP contribution is -2.58. The molecule has 0 aliphatic heterocycles. The van der Waals surface area contributed by atoms with E-state index in [2.05, 4.69) is 20.8 Å². The van der Waals surface area contributed by atoms with Crippen molar-refractivity contribution >= 4 is 5.97 Å². The maximum atomic E-state index is 11.6. The molecule has 1 N–H and O–H groups in total. The Bertz CT molecular complexity index is 588. The Labute approximate surface area is 172 Å². The Kier molecular flexibility index (Phi) is 5.61. The van der Waals surface area contributed by atoms with E-state index in [-0.39, 0.29) is 17.5 Å². The highest BCUT2D eigenvalue weighted by Crippen LogP contribution is 2.68. The van der Waals surface area contributed by atoms with Crippen LogP contribution >= 0.6 is 0 Å². The lowest BCUT2D eigenvalue weighted by Gasteiger charge is -2.62. The molecule has 4 saturated carbocycles. The number of aliphatic hydroxyl groups excluding tert-OH is 1. The van der Waals surface area contributed by atoms with Crippen molar-refractivity contribution in [1.82, 2.24) is 0 Å². The normalized spacial score (nSPS) is 48.9. The third kappa shape index (κ3) is 3.06. The molecule has 0 aromatic carbocycles. The molecule has 3 heteroatoms. The first-order chi connectivity index (χ1) is 13.3. The largest absolute Gasteiger partial charge is 0.469 e. The lowest BCUT2D eigenvalue weighted by molar-refractivity contribution is -0.168. The van der Waals surface area contributed by atoms with Gasteiger partial charge in [-0.15, -0.1) is 0 Å². The highest BCUT2D eigenvalue weighted by atomic mass is 16.5. The number of methoxy groups -OCH3 is 1. The van der Waals surface area contributed by atoms with E-state index in [0.717, 1.165) is 30.6 Å². The average Bonchev–Trinajstić information content (AvgIpc) is 3.05. The zero-order chi connectivity index (χ0) is 20.1. The van der Waals surface area contributed by atoms with Gasteiger partial charge in [0.05, 0.1) is 13.2 Å². The Hall–Kier alpha value is -0.570. The molecule has 3 nitrogen and oxygen atoms in total. The molecular formula is C25H42O3. The van der Waals surface area contributed by atoms with Crippen molar-refractivity contribution in [3.05, 3.63) is 0 Å². The Balaban J connectivity index is 1.54. The summed E-state index contributed by atoms with van der Waals surface area (Å²) in [6.07, 6.45) is 13.2. The van der Waals surface area contributed by atoms with Gasteiger partial charge in [-0.2, -0.15) is 0 Å². The molecule has 0 aromatic heterocycles. The molecule has 0 spiro atoms. The Morgan fingerprint density at radius 2 is 1.89 bits per heavy atom. The fraction of sp³-hybridized carbons (Fsp3) is 0.960. The minimum Gasteiger partial charge on any atom is -0.469 e. The van der Waals surface area contributed by atoms with Gasteiger partial charge in [-0.3, -0.25) is 4.79 Å². The second kappa shape index (κ2) is 7.60. The summed E-state index contributed by atoms with van der Waals surface area (Å²) in [6.45, 7) is 7.29. The van der Waals surface area contributed by atoms with Crippen molar-refractivity contribution in [1.29, 1.82) is 0 Å². The predicted molar refractivity (Wildman–Crippen MR) is 112 cm³/mol. The van der Waals surface area contributed by atoms with Crippen LogP contribution in [0.4, 0.5) is 0 Å². The van der Waals surface area contributed by atoms with Crippen LogP contribution in [-0.4, -0.2) is 24.3 Å². The Morgan fingerprint density at radius 3 is 2.64 bits per heavy atom. The summed E-state index contributed by atoms with van der Waals surface area (Å²) in [5.74, 6) is 4.02. The fourth-order valence-electron chi connectivity index (χ4n) is 8.87. The monoisotopic (exact) mass is 390 g/mol. The molecule has 0 radical (unpaired) electrons. The van der Waals surface area contributed by atoms with E-state index >= 15 is 0 Å². The lowest BCUT2D eigenvalue weighted by atomic mass is 9.44. The van der Waals surface area contributed by atoms with E-state index in [1.807, 2.05) is 0 Å². The van der Waals surface area contributed by atoms with Crippen LogP contribution in [0.1, 0.15) is 91.4 Å². The smallest absolute Gasteiger partial charge is 0.305 e. The number of aliphatic hydroxyl groups is 1. The summed E-state index contributed by atoms with van der Waals surface area (Å²) in [5, 5.41) is 11.5. The van der Waals surface area contributed by atoms with Crippen LogP contribution in [-0.2, 0) is 9.53 Å². The second-order valence-corrected chi connectivity index (χ2v) is 11.3. The van der Waals surface area contributed by atoms with Gasteiger partial charge in [0.2, 0.25) is 0 Å². The average molecular weight is 391 g/mol. The van der Waals surface area contributed by atoms with E-state index in [1.165, 1.54) is 58.5 Å². The van der Waals surface area contributed by atoms with Crippen molar-refractivity contribution in [2.75, 3.05) is 7.11 Å². The van der Waals surface area contributed by atoms with Crippen LogP contribution in [0.5, 0.6) is 0 Å². The number of hydrogen-bond donors (Lipinski definition) is 1. The van der Waals surface area contributed by atoms with Gasteiger partial charge in [0.25, 0.3) is 0 Å². The topological polar surface area (TPSA) is 46.5 Å². The number of fused-ring (bicyclic) bond motifs is 5. The molecule has 0 saturated heterocycles. The maximum absolute atomic E-state index is 11.6. The molecule has 9 atom stereocenters. The molecule has 0 bridgehead atoms. The van der Waals surface area contributed by atoms with Gasteiger partial charge in [0, 0.05) is 6.42 Å². The zero-order valence-electron chi connectivity index (χ0n) is 18.6. The van der Waals surface area contributed by atoms with Gasteiger partial charge in [-0.1, -0.05) is 33.6 Å². The molecule has 4 aliphatic carbocycles. The fourth-order valence-corrected chi connectivity index (χ4v) is 8.87. The van der Waals surface area contributed by atoms with Crippen LogP contribution in [0.2, 0.25) is 0 Å². The quantitative estimate of drug-likeness (QED) is 0.636. The van der Waals surface area contributed by atoms with E-state index in [4.69, 9.17) is 4.74 Å². The molecule has 28 heavy (non-hydrogen) atoms. The number of rotatable bonds is 4. The first-order valence-corrected chi connectivity index (χ1v) is 12.1. The SMILES string of the molecule is COC(=O)CC[C@@H](C)C1CCC2[C@@H]3CC[C@@H]4CCCC[C@]4(C)C3C[C@H](O)[C@@]21C. The number of esters is 1. The van der Waals surface area contributed by atoms with Crippen molar-refractivity contribution in [3.63, 3.8) is 0 Å². The van der Waals surface area contributed by atoms with Gasteiger partial charge in [-0.05, 0) is 97.7 Å². The van der Waals surface area contributed by atoms with Crippen molar-refractivity contribution in [2.45, 2.75) is 97.5 Å². The summed E-state index contributed by atoms with van der Waals surface area (Å²) < 4.78 is 4.86. The van der Waals surface area contributed by atoms with Crippen LogP contribution < -0.4 is 0 Å². The predicted octanol–water partition coefficient (Wildman–Crippen LogP) is 5.60. The molecule has 0 aromatic rings. The van der Waals surface area contributed by atoms with E-state index in [9.17, 15) is 9.90 Å². The number of carbonyl (C=O) groups excluding carboxylic acids is 1. The summed E-state index contributed by atoms with van der Waals surface area (Å²) in [7, 11) is 1.48. The van der Waals surface area contributed by atoms with Gasteiger partial charge < -0.3 is 9.84 Å². The third-order valence-corrected chi connectivity index (χ3v) is 10.5. The van der Waals surface area contributed by atoms with Crippen molar-refractivity contribution < 1.29 is 14.6 Å². The number of ether oxygens (including phenoxy) is 1. The van der Waals surface area contributed by atoms with Crippen LogP contribution in [0.15, 0.2) is 0 Å². The van der Waals surface area contributed by atoms with Crippen LogP contribution in [0, 0.1) is 46.3 Å². The summed E-state index contributed by atoms with van der Waals surface area (Å²) in [4.78, 5) is 11.6. The molecule has 4 rings (SSSR count). The summed E-state index contributed by atoms with van der Waals surface area (Å²) in [5.41, 5.74) is 0.507. The standard InChI is InChI=1S/C25H42O3/c1-16(8-13-23(27)28-4)19-11-12-20-18-10-9-17-7-5-6-14-24(17,2)21(18)15-22(26)25(19,20)3/h16-22,26H,5-15H2,1-4H3/t16-,17+,18+,19?,20?,21?,22+,24+,25-/m1/s1. The molecule has 3 unspecified atom stereocenters. The summed E-state index contributed by atoms with van der Waals surface area (Å²) in [6, 6.07) is 0. The number of carbonyl (C=O) groups is 1. The molecule has 0 amide bonds. The highest BCUT2D eigenvalue weighted by Gasteiger charge is 2.63. The van der Waals surface area contributed by atoms with Gasteiger partial charge in [0.1, 0.15) is 0 Å². The van der Waals surface area contributed by atoms with Crippen LogP contribution in [0.3, 0.4) is 0 Å². The molecular weight excluding hydrogens is 348 g/mol. The van der Waals surface area contributed by atoms with E-state index in [0.29, 0.717) is 29.6 Å². The van der Waals surface area contributed by atoms with Gasteiger partial charge in [0.15, 0.2) is 0 Å². The summed E-state index contributed by atoms with van der Waals surface area (Å²) >= 11 is 0. The zero-order valence-corrected chi connectivity index (χ0v) is 18.6. The maximum Gasteiger partial charge on any atom is 0.305 e. The van der Waals surface area contributed by atoms with Crippen molar-refractivity contribution in [3.8, 4) is 0 Å².